The topological polar surface area (TPSA) is 18.5 Å². The van der Waals surface area contributed by atoms with E-state index in [-0.39, 0.29) is 0 Å². The highest BCUT2D eigenvalue weighted by molar-refractivity contribution is 6.65. The van der Waals surface area contributed by atoms with Crippen molar-refractivity contribution in [2.75, 3.05) is 0 Å². The molecule has 0 spiro atoms. The zero-order valence-electron chi connectivity index (χ0n) is 6.21. The molecule has 2 nitrogen and oxygen atoms in total. The van der Waals surface area contributed by atoms with Crippen LogP contribution in [-0.4, -0.2) is 19.3 Å². The third kappa shape index (κ3) is 1.34. The van der Waals surface area contributed by atoms with Crippen LogP contribution in [0, 0.1) is 0 Å². The van der Waals surface area contributed by atoms with Gasteiger partial charge in [0.2, 0.25) is 0 Å². The largest absolute Gasteiger partial charge is 0.422 e. The van der Waals surface area contributed by atoms with Crippen LogP contribution in [0.3, 0.4) is 0 Å². The lowest BCUT2D eigenvalue weighted by Gasteiger charge is -2.34. The van der Waals surface area contributed by atoms with Gasteiger partial charge in [0.25, 0.3) is 10.0 Å². The summed E-state index contributed by atoms with van der Waals surface area (Å²) in [5.41, 5.74) is 0.884. The molecular formula is C6H14O2Si2. The molecule has 2 rings (SSSR count). The fourth-order valence-electron chi connectivity index (χ4n) is 1.83. The third-order valence-corrected chi connectivity index (χ3v) is 7.65. The van der Waals surface area contributed by atoms with Gasteiger partial charge in [0, 0.05) is 0 Å². The van der Waals surface area contributed by atoms with Gasteiger partial charge in [-0.25, -0.2) is 0 Å². The van der Waals surface area contributed by atoms with Crippen molar-refractivity contribution >= 4 is 19.3 Å². The molecule has 1 aliphatic carbocycles. The Balaban J connectivity index is 1.78. The summed E-state index contributed by atoms with van der Waals surface area (Å²) < 4.78 is 11.1. The van der Waals surface area contributed by atoms with Crippen LogP contribution in [-0.2, 0) is 8.23 Å². The third-order valence-electron chi connectivity index (χ3n) is 2.50. The second kappa shape index (κ2) is 3.17. The first-order valence-electron chi connectivity index (χ1n) is 4.20. The Morgan fingerprint density at radius 3 is 2.30 bits per heavy atom. The Bertz CT molecular complexity index is 110. The molecule has 0 aromatic carbocycles. The van der Waals surface area contributed by atoms with E-state index in [1.807, 2.05) is 0 Å². The van der Waals surface area contributed by atoms with Gasteiger partial charge in [-0.1, -0.05) is 19.3 Å². The molecule has 10 heavy (non-hydrogen) atoms. The van der Waals surface area contributed by atoms with Crippen LogP contribution in [0.2, 0.25) is 5.54 Å². The summed E-state index contributed by atoms with van der Waals surface area (Å²) in [4.78, 5) is 0. The number of rotatable bonds is 1. The smallest absolute Gasteiger partial charge is 0.306 e. The fourth-order valence-corrected chi connectivity index (χ4v) is 6.19. The van der Waals surface area contributed by atoms with Crippen molar-refractivity contribution in [3.8, 4) is 0 Å². The molecule has 0 N–H and O–H groups in total. The van der Waals surface area contributed by atoms with Crippen LogP contribution in [0.15, 0.2) is 0 Å². The van der Waals surface area contributed by atoms with Crippen molar-refractivity contribution in [3.05, 3.63) is 0 Å². The number of hydrogen-bond acceptors (Lipinski definition) is 2. The molecule has 1 saturated heterocycles. The Morgan fingerprint density at radius 1 is 1.10 bits per heavy atom. The summed E-state index contributed by atoms with van der Waals surface area (Å²) in [6.45, 7) is 0. The van der Waals surface area contributed by atoms with Gasteiger partial charge >= 0.3 is 9.28 Å². The second-order valence-corrected chi connectivity index (χ2v) is 7.80. The van der Waals surface area contributed by atoms with E-state index in [2.05, 4.69) is 0 Å². The molecule has 1 saturated carbocycles. The molecule has 1 aliphatic heterocycles. The summed E-state index contributed by atoms with van der Waals surface area (Å²) in [6.07, 6.45) is 7.07. The molecule has 0 aromatic heterocycles. The molecular weight excluding hydrogens is 160 g/mol. The van der Waals surface area contributed by atoms with Gasteiger partial charge in [-0.3, -0.25) is 0 Å². The fraction of sp³-hybridized carbons (Fsp3) is 1.00. The van der Waals surface area contributed by atoms with Gasteiger partial charge < -0.3 is 8.23 Å². The molecule has 0 atom stereocenters. The van der Waals surface area contributed by atoms with Crippen molar-refractivity contribution < 1.29 is 8.23 Å². The van der Waals surface area contributed by atoms with E-state index in [1.54, 1.807) is 0 Å². The molecule has 0 radical (unpaired) electrons. The summed E-state index contributed by atoms with van der Waals surface area (Å²) in [7, 11) is -1.45. The van der Waals surface area contributed by atoms with E-state index in [1.165, 1.54) is 32.1 Å². The molecule has 2 fully saturated rings. The van der Waals surface area contributed by atoms with Gasteiger partial charge in [0.05, 0.1) is 0 Å². The Kier molecular flexibility index (Phi) is 2.23. The first-order chi connectivity index (χ1) is 4.97. The first kappa shape index (κ1) is 7.03. The van der Waals surface area contributed by atoms with Gasteiger partial charge in [0.1, 0.15) is 0 Å². The molecule has 4 heteroatoms. The minimum absolute atomic E-state index is 0.426. The maximum absolute atomic E-state index is 5.53. The minimum Gasteiger partial charge on any atom is -0.422 e. The van der Waals surface area contributed by atoms with Crippen LogP contribution in [0.1, 0.15) is 32.1 Å². The van der Waals surface area contributed by atoms with E-state index >= 15 is 0 Å². The van der Waals surface area contributed by atoms with E-state index in [0.717, 1.165) is 5.54 Å². The molecule has 0 bridgehead atoms. The Labute approximate surface area is 65.8 Å². The zero-order chi connectivity index (χ0) is 6.81. The quantitative estimate of drug-likeness (QED) is 0.542. The van der Waals surface area contributed by atoms with E-state index < -0.39 is 19.3 Å². The van der Waals surface area contributed by atoms with Crippen LogP contribution in [0.4, 0.5) is 0 Å². The molecule has 1 heterocycles. The second-order valence-electron chi connectivity index (χ2n) is 3.22. The van der Waals surface area contributed by atoms with Gasteiger partial charge in [-0.05, 0) is 18.4 Å². The maximum Gasteiger partial charge on any atom is 0.306 e. The van der Waals surface area contributed by atoms with Crippen molar-refractivity contribution in [3.63, 3.8) is 0 Å². The molecule has 0 unspecified atom stereocenters. The standard InChI is InChI=1S/C6H14O2Si2/c1-2-4-6(5-3-1)10-7-9-8-10/h6,10H,1-5,9H2. The van der Waals surface area contributed by atoms with Gasteiger partial charge in [0.15, 0.2) is 0 Å². The average Bonchev–Trinajstić information content (AvgIpc) is 1.86. The maximum atomic E-state index is 5.53. The minimum atomic E-state index is -1.02. The predicted octanol–water partition coefficient (Wildman–Crippen LogP) is 0.587. The summed E-state index contributed by atoms with van der Waals surface area (Å²) in [5, 5.41) is 0. The van der Waals surface area contributed by atoms with Crippen molar-refractivity contribution in [2.24, 2.45) is 0 Å². The van der Waals surface area contributed by atoms with Gasteiger partial charge in [-0.2, -0.15) is 0 Å². The van der Waals surface area contributed by atoms with Crippen LogP contribution < -0.4 is 0 Å². The highest BCUT2D eigenvalue weighted by Gasteiger charge is 2.32. The average molecular weight is 174 g/mol. The summed E-state index contributed by atoms with van der Waals surface area (Å²) in [5.74, 6) is 0. The Morgan fingerprint density at radius 2 is 1.80 bits per heavy atom. The van der Waals surface area contributed by atoms with E-state index in [9.17, 15) is 0 Å². The van der Waals surface area contributed by atoms with Crippen LogP contribution in [0.5, 0.6) is 0 Å². The SMILES string of the molecule is C1CCC([SiH]2O[SiH2]O2)CC1. The lowest BCUT2D eigenvalue weighted by atomic mass is 10.0. The highest BCUT2D eigenvalue weighted by Crippen LogP contribution is 2.33. The van der Waals surface area contributed by atoms with Crippen LogP contribution >= 0.6 is 0 Å². The normalized spacial score (nSPS) is 37.8. The molecule has 58 valence electrons. The van der Waals surface area contributed by atoms with Gasteiger partial charge in [-0.15, -0.1) is 0 Å². The number of hydrogen-bond donors (Lipinski definition) is 0. The molecule has 0 amide bonds. The Hall–Kier alpha value is 0.354. The van der Waals surface area contributed by atoms with Crippen molar-refractivity contribution in [1.29, 1.82) is 0 Å². The monoisotopic (exact) mass is 174 g/mol. The van der Waals surface area contributed by atoms with E-state index in [4.69, 9.17) is 8.23 Å². The summed E-state index contributed by atoms with van der Waals surface area (Å²) in [6, 6.07) is 0. The highest BCUT2D eigenvalue weighted by atomic mass is 28.4. The lowest BCUT2D eigenvalue weighted by molar-refractivity contribution is 0.279. The summed E-state index contributed by atoms with van der Waals surface area (Å²) >= 11 is 0. The van der Waals surface area contributed by atoms with Crippen LogP contribution in [0.25, 0.3) is 0 Å². The molecule has 0 aromatic rings. The van der Waals surface area contributed by atoms with E-state index in [0.29, 0.717) is 0 Å². The van der Waals surface area contributed by atoms with Crippen molar-refractivity contribution in [2.45, 2.75) is 37.6 Å². The predicted molar refractivity (Wildman–Crippen MR) is 44.7 cm³/mol. The lowest BCUT2D eigenvalue weighted by Crippen LogP contribution is -2.43. The molecule has 2 aliphatic rings. The zero-order valence-corrected chi connectivity index (χ0v) is 8.78. The first-order valence-corrected chi connectivity index (χ1v) is 6.96. The van der Waals surface area contributed by atoms with Crippen molar-refractivity contribution in [1.82, 2.24) is 0 Å².